The van der Waals surface area contributed by atoms with Gasteiger partial charge in [-0.15, -0.1) is 5.10 Å². The SMILES string of the molecule is Cc1cccc(-n2nc3n(c2=O)CCNCC3)c1. The minimum absolute atomic E-state index is 0.0423. The van der Waals surface area contributed by atoms with Gasteiger partial charge in [0.1, 0.15) is 5.82 Å². The first-order valence-electron chi connectivity index (χ1n) is 6.22. The molecule has 5 nitrogen and oxygen atoms in total. The van der Waals surface area contributed by atoms with Gasteiger partial charge in [-0.1, -0.05) is 12.1 Å². The Hall–Kier alpha value is -1.88. The van der Waals surface area contributed by atoms with E-state index < -0.39 is 0 Å². The third-order valence-electron chi connectivity index (χ3n) is 3.22. The van der Waals surface area contributed by atoms with Crippen molar-refractivity contribution in [1.29, 1.82) is 0 Å². The number of fused-ring (bicyclic) bond motifs is 1. The summed E-state index contributed by atoms with van der Waals surface area (Å²) in [5, 5.41) is 7.72. The molecule has 1 aliphatic heterocycles. The highest BCUT2D eigenvalue weighted by molar-refractivity contribution is 5.34. The van der Waals surface area contributed by atoms with E-state index in [-0.39, 0.29) is 5.69 Å². The molecular weight excluding hydrogens is 228 g/mol. The Morgan fingerprint density at radius 3 is 3.06 bits per heavy atom. The fourth-order valence-electron chi connectivity index (χ4n) is 2.29. The Labute approximate surface area is 105 Å². The summed E-state index contributed by atoms with van der Waals surface area (Å²) in [5.41, 5.74) is 1.93. The van der Waals surface area contributed by atoms with Crippen molar-refractivity contribution in [3.05, 3.63) is 46.1 Å². The molecule has 0 saturated carbocycles. The monoisotopic (exact) mass is 244 g/mol. The lowest BCUT2D eigenvalue weighted by atomic mass is 10.2. The van der Waals surface area contributed by atoms with E-state index in [0.29, 0.717) is 6.54 Å². The van der Waals surface area contributed by atoms with E-state index in [1.54, 1.807) is 4.57 Å². The van der Waals surface area contributed by atoms with Crippen molar-refractivity contribution in [3.8, 4) is 5.69 Å². The maximum Gasteiger partial charge on any atom is 0.350 e. The van der Waals surface area contributed by atoms with E-state index in [4.69, 9.17) is 0 Å². The Morgan fingerprint density at radius 2 is 2.22 bits per heavy atom. The molecular formula is C13H16N4O. The van der Waals surface area contributed by atoms with Crippen molar-refractivity contribution < 1.29 is 0 Å². The third-order valence-corrected chi connectivity index (χ3v) is 3.22. The zero-order chi connectivity index (χ0) is 12.5. The van der Waals surface area contributed by atoms with Gasteiger partial charge >= 0.3 is 5.69 Å². The highest BCUT2D eigenvalue weighted by Gasteiger charge is 2.16. The molecule has 2 heterocycles. The zero-order valence-corrected chi connectivity index (χ0v) is 10.4. The summed E-state index contributed by atoms with van der Waals surface area (Å²) in [4.78, 5) is 12.3. The van der Waals surface area contributed by atoms with Crippen LogP contribution in [0.4, 0.5) is 0 Å². The Balaban J connectivity index is 2.11. The maximum absolute atomic E-state index is 12.3. The minimum atomic E-state index is -0.0423. The molecule has 0 amide bonds. The molecule has 3 rings (SSSR count). The number of nitrogens with one attached hydrogen (secondary N) is 1. The number of nitrogens with zero attached hydrogens (tertiary/aromatic N) is 3. The highest BCUT2D eigenvalue weighted by atomic mass is 16.2. The normalized spacial score (nSPS) is 15.2. The van der Waals surface area contributed by atoms with Crippen LogP contribution in [0.25, 0.3) is 5.69 Å². The van der Waals surface area contributed by atoms with E-state index in [1.807, 2.05) is 31.2 Å². The Morgan fingerprint density at radius 1 is 1.33 bits per heavy atom. The summed E-state index contributed by atoms with van der Waals surface area (Å²) >= 11 is 0. The van der Waals surface area contributed by atoms with Gasteiger partial charge in [0, 0.05) is 26.1 Å². The van der Waals surface area contributed by atoms with Crippen LogP contribution in [0.5, 0.6) is 0 Å². The Bertz CT molecular complexity index is 626. The molecule has 18 heavy (non-hydrogen) atoms. The number of aromatic nitrogens is 3. The second kappa shape index (κ2) is 4.42. The molecule has 2 aromatic rings. The summed E-state index contributed by atoms with van der Waals surface area (Å²) in [6, 6.07) is 7.86. The van der Waals surface area contributed by atoms with Gasteiger partial charge in [-0.25, -0.2) is 4.79 Å². The molecule has 0 unspecified atom stereocenters. The van der Waals surface area contributed by atoms with Crippen LogP contribution in [0.15, 0.2) is 29.1 Å². The van der Waals surface area contributed by atoms with Crippen LogP contribution in [0, 0.1) is 6.92 Å². The standard InChI is InChI=1S/C13H16N4O/c1-10-3-2-4-11(9-10)17-13(18)16-8-7-14-6-5-12(16)15-17/h2-4,9,14H,5-8H2,1H3. The molecule has 94 valence electrons. The van der Waals surface area contributed by atoms with Gasteiger partial charge in [-0.2, -0.15) is 4.68 Å². The van der Waals surface area contributed by atoms with Crippen LogP contribution in [0.1, 0.15) is 11.4 Å². The van der Waals surface area contributed by atoms with E-state index in [2.05, 4.69) is 10.4 Å². The van der Waals surface area contributed by atoms with Crippen molar-refractivity contribution >= 4 is 0 Å². The third kappa shape index (κ3) is 1.86. The fourth-order valence-corrected chi connectivity index (χ4v) is 2.29. The van der Waals surface area contributed by atoms with E-state index >= 15 is 0 Å². The van der Waals surface area contributed by atoms with Crippen molar-refractivity contribution in [1.82, 2.24) is 19.7 Å². The largest absolute Gasteiger partial charge is 0.350 e. The van der Waals surface area contributed by atoms with Crippen LogP contribution < -0.4 is 11.0 Å². The van der Waals surface area contributed by atoms with Crippen molar-refractivity contribution in [2.24, 2.45) is 0 Å². The Kier molecular flexibility index (Phi) is 2.76. The van der Waals surface area contributed by atoms with Crippen LogP contribution in [-0.4, -0.2) is 27.4 Å². The average molecular weight is 244 g/mol. The first kappa shape index (κ1) is 11.2. The van der Waals surface area contributed by atoms with Gasteiger partial charge in [0.05, 0.1) is 5.69 Å². The summed E-state index contributed by atoms with van der Waals surface area (Å²) in [6.07, 6.45) is 0.800. The number of aryl methyl sites for hydroxylation is 1. The lowest BCUT2D eigenvalue weighted by Gasteiger charge is -2.01. The van der Waals surface area contributed by atoms with Gasteiger partial charge in [0.2, 0.25) is 0 Å². The lowest BCUT2D eigenvalue weighted by Crippen LogP contribution is -2.27. The van der Waals surface area contributed by atoms with Gasteiger partial charge in [0.25, 0.3) is 0 Å². The molecule has 0 aliphatic carbocycles. The molecule has 1 aromatic carbocycles. The van der Waals surface area contributed by atoms with Gasteiger partial charge < -0.3 is 5.32 Å². The summed E-state index contributed by atoms with van der Waals surface area (Å²) in [5.74, 6) is 0.867. The van der Waals surface area contributed by atoms with Crippen LogP contribution in [-0.2, 0) is 13.0 Å². The number of hydrogen-bond acceptors (Lipinski definition) is 3. The van der Waals surface area contributed by atoms with E-state index in [0.717, 1.165) is 36.6 Å². The molecule has 0 spiro atoms. The number of benzene rings is 1. The second-order valence-electron chi connectivity index (χ2n) is 4.60. The second-order valence-corrected chi connectivity index (χ2v) is 4.60. The number of rotatable bonds is 1. The fraction of sp³-hybridized carbons (Fsp3) is 0.385. The molecule has 1 N–H and O–H groups in total. The molecule has 0 bridgehead atoms. The molecule has 0 atom stereocenters. The van der Waals surface area contributed by atoms with E-state index in [9.17, 15) is 4.79 Å². The van der Waals surface area contributed by atoms with Crippen molar-refractivity contribution in [3.63, 3.8) is 0 Å². The number of hydrogen-bond donors (Lipinski definition) is 1. The van der Waals surface area contributed by atoms with Gasteiger partial charge in [-0.05, 0) is 24.6 Å². The van der Waals surface area contributed by atoms with Gasteiger partial charge in [0.15, 0.2) is 0 Å². The smallest absolute Gasteiger partial charge is 0.315 e. The van der Waals surface area contributed by atoms with E-state index in [1.165, 1.54) is 4.68 Å². The summed E-state index contributed by atoms with van der Waals surface area (Å²) in [6.45, 7) is 4.41. The highest BCUT2D eigenvalue weighted by Crippen LogP contribution is 2.08. The van der Waals surface area contributed by atoms with Crippen LogP contribution >= 0.6 is 0 Å². The first-order valence-corrected chi connectivity index (χ1v) is 6.22. The minimum Gasteiger partial charge on any atom is -0.315 e. The average Bonchev–Trinajstić information content (AvgIpc) is 2.55. The first-order chi connectivity index (χ1) is 8.75. The molecule has 0 radical (unpaired) electrons. The lowest BCUT2D eigenvalue weighted by molar-refractivity contribution is 0.622. The molecule has 1 aromatic heterocycles. The topological polar surface area (TPSA) is 51.9 Å². The summed E-state index contributed by atoms with van der Waals surface area (Å²) < 4.78 is 3.27. The predicted octanol–water partition coefficient (Wildman–Crippen LogP) is 0.488. The van der Waals surface area contributed by atoms with Crippen LogP contribution in [0.3, 0.4) is 0 Å². The molecule has 1 aliphatic rings. The van der Waals surface area contributed by atoms with Crippen molar-refractivity contribution in [2.75, 3.05) is 13.1 Å². The zero-order valence-electron chi connectivity index (χ0n) is 10.4. The molecule has 5 heteroatoms. The molecule has 0 saturated heterocycles. The van der Waals surface area contributed by atoms with Gasteiger partial charge in [-0.3, -0.25) is 4.57 Å². The molecule has 0 fully saturated rings. The maximum atomic E-state index is 12.3. The predicted molar refractivity (Wildman–Crippen MR) is 69.1 cm³/mol. The van der Waals surface area contributed by atoms with Crippen LogP contribution in [0.2, 0.25) is 0 Å². The van der Waals surface area contributed by atoms with Crippen molar-refractivity contribution in [2.45, 2.75) is 19.9 Å². The summed E-state index contributed by atoms with van der Waals surface area (Å²) in [7, 11) is 0. The quantitative estimate of drug-likeness (QED) is 0.794.